The SMILES string of the molecule is CC(C)(CCO)C(=O)O.[H-].[K+]. The molecular weight excluding hydrogens is 159 g/mol. The summed E-state index contributed by atoms with van der Waals surface area (Å²) in [5.74, 6) is -0.864. The summed E-state index contributed by atoms with van der Waals surface area (Å²) in [6.45, 7) is 3.11. The van der Waals surface area contributed by atoms with Crippen LogP contribution in [0.3, 0.4) is 0 Å². The molecule has 0 aliphatic carbocycles. The van der Waals surface area contributed by atoms with Gasteiger partial charge in [0.1, 0.15) is 0 Å². The standard InChI is InChI=1S/C6H12O3.K.H/c1-6(2,3-4-7)5(8)9;;/h7H,3-4H2,1-2H3,(H,8,9);;/q;+1;-1. The fourth-order valence-electron chi connectivity index (χ4n) is 0.386. The van der Waals surface area contributed by atoms with Crippen LogP contribution in [0.5, 0.6) is 0 Å². The third-order valence-electron chi connectivity index (χ3n) is 1.32. The molecule has 0 spiro atoms. The van der Waals surface area contributed by atoms with Gasteiger partial charge in [0.25, 0.3) is 0 Å². The molecule has 0 saturated carbocycles. The van der Waals surface area contributed by atoms with Crippen molar-refractivity contribution in [3.63, 3.8) is 0 Å². The molecule has 0 aromatic rings. The average Bonchev–Trinajstić information content (AvgIpc) is 1.65. The van der Waals surface area contributed by atoms with Crippen molar-refractivity contribution in [2.24, 2.45) is 5.41 Å². The van der Waals surface area contributed by atoms with E-state index in [0.717, 1.165) is 0 Å². The quantitative estimate of drug-likeness (QED) is 0.466. The zero-order valence-electron chi connectivity index (χ0n) is 7.72. The number of rotatable bonds is 3. The molecule has 0 rings (SSSR count). The van der Waals surface area contributed by atoms with E-state index in [1.165, 1.54) is 0 Å². The summed E-state index contributed by atoms with van der Waals surface area (Å²) in [6, 6.07) is 0. The Morgan fingerprint density at radius 3 is 2.10 bits per heavy atom. The molecule has 0 aliphatic rings. The van der Waals surface area contributed by atoms with Crippen LogP contribution in [-0.4, -0.2) is 22.8 Å². The number of carboxylic acid groups (broad SMARTS) is 1. The van der Waals surface area contributed by atoms with Gasteiger partial charge in [-0.3, -0.25) is 4.79 Å². The number of carbonyl (C=O) groups is 1. The Morgan fingerprint density at radius 1 is 1.60 bits per heavy atom. The van der Waals surface area contributed by atoms with Crippen LogP contribution in [0, 0.1) is 5.41 Å². The summed E-state index contributed by atoms with van der Waals surface area (Å²) in [5.41, 5.74) is -0.783. The number of aliphatic hydroxyl groups is 1. The maximum atomic E-state index is 10.3. The third kappa shape index (κ3) is 4.82. The molecular formula is C6H13KO3. The Kier molecular flexibility index (Phi) is 7.75. The minimum absolute atomic E-state index is 0. The van der Waals surface area contributed by atoms with Gasteiger partial charge in [0, 0.05) is 6.61 Å². The van der Waals surface area contributed by atoms with E-state index in [2.05, 4.69) is 0 Å². The molecule has 0 atom stereocenters. The van der Waals surface area contributed by atoms with E-state index in [4.69, 9.17) is 10.2 Å². The van der Waals surface area contributed by atoms with E-state index < -0.39 is 11.4 Å². The number of aliphatic carboxylic acids is 1. The maximum absolute atomic E-state index is 10.3. The van der Waals surface area contributed by atoms with Crippen LogP contribution >= 0.6 is 0 Å². The van der Waals surface area contributed by atoms with Crippen molar-refractivity contribution in [3.8, 4) is 0 Å². The summed E-state index contributed by atoms with van der Waals surface area (Å²) in [4.78, 5) is 10.3. The Bertz CT molecular complexity index is 116. The van der Waals surface area contributed by atoms with E-state index in [-0.39, 0.29) is 59.4 Å². The fourth-order valence-corrected chi connectivity index (χ4v) is 0.386. The Hall–Kier alpha value is 1.07. The molecule has 56 valence electrons. The molecule has 0 fully saturated rings. The minimum Gasteiger partial charge on any atom is -1.00 e. The predicted molar refractivity (Wildman–Crippen MR) is 34.2 cm³/mol. The molecule has 0 bridgehead atoms. The molecule has 3 nitrogen and oxygen atoms in total. The van der Waals surface area contributed by atoms with E-state index in [1.807, 2.05) is 0 Å². The van der Waals surface area contributed by atoms with Crippen molar-refractivity contribution in [2.45, 2.75) is 20.3 Å². The topological polar surface area (TPSA) is 57.5 Å². The van der Waals surface area contributed by atoms with Gasteiger partial charge in [0.05, 0.1) is 5.41 Å². The van der Waals surface area contributed by atoms with Gasteiger partial charge in [-0.2, -0.15) is 0 Å². The average molecular weight is 172 g/mol. The summed E-state index contributed by atoms with van der Waals surface area (Å²) in [7, 11) is 0. The molecule has 0 saturated heterocycles. The molecule has 0 aliphatic heterocycles. The van der Waals surface area contributed by atoms with Gasteiger partial charge >= 0.3 is 57.4 Å². The molecule has 0 radical (unpaired) electrons. The van der Waals surface area contributed by atoms with E-state index in [1.54, 1.807) is 13.8 Å². The first-order chi connectivity index (χ1) is 4.00. The van der Waals surface area contributed by atoms with Gasteiger partial charge in [-0.15, -0.1) is 0 Å². The number of aliphatic hydroxyl groups excluding tert-OH is 1. The smallest absolute Gasteiger partial charge is 1.00 e. The normalized spacial score (nSPS) is 10.3. The summed E-state index contributed by atoms with van der Waals surface area (Å²) < 4.78 is 0. The summed E-state index contributed by atoms with van der Waals surface area (Å²) >= 11 is 0. The van der Waals surface area contributed by atoms with Crippen LogP contribution in [0.15, 0.2) is 0 Å². The minimum atomic E-state index is -0.864. The number of hydrogen-bond acceptors (Lipinski definition) is 2. The fraction of sp³-hybridized carbons (Fsp3) is 0.833. The van der Waals surface area contributed by atoms with E-state index in [9.17, 15) is 4.79 Å². The zero-order valence-corrected chi connectivity index (χ0v) is 9.84. The van der Waals surface area contributed by atoms with E-state index >= 15 is 0 Å². The van der Waals surface area contributed by atoms with Crippen LogP contribution in [0.2, 0.25) is 0 Å². The predicted octanol–water partition coefficient (Wildman–Crippen LogP) is -2.40. The maximum Gasteiger partial charge on any atom is 1.00 e. The third-order valence-corrected chi connectivity index (χ3v) is 1.32. The van der Waals surface area contributed by atoms with Crippen molar-refractivity contribution >= 4 is 5.97 Å². The van der Waals surface area contributed by atoms with E-state index in [0.29, 0.717) is 6.42 Å². The van der Waals surface area contributed by atoms with Gasteiger partial charge in [-0.25, -0.2) is 0 Å². The van der Waals surface area contributed by atoms with Gasteiger partial charge < -0.3 is 11.6 Å². The molecule has 2 N–H and O–H groups in total. The molecule has 0 aromatic carbocycles. The van der Waals surface area contributed by atoms with Crippen molar-refractivity contribution in [1.29, 1.82) is 0 Å². The van der Waals surface area contributed by atoms with Crippen molar-refractivity contribution in [2.75, 3.05) is 6.61 Å². The molecule has 0 unspecified atom stereocenters. The molecule has 4 heteroatoms. The van der Waals surface area contributed by atoms with Crippen molar-refractivity contribution in [3.05, 3.63) is 0 Å². The zero-order chi connectivity index (χ0) is 7.49. The van der Waals surface area contributed by atoms with Gasteiger partial charge in [-0.05, 0) is 20.3 Å². The first-order valence-electron chi connectivity index (χ1n) is 2.85. The van der Waals surface area contributed by atoms with Crippen molar-refractivity contribution < 1.29 is 67.8 Å². The second-order valence-electron chi connectivity index (χ2n) is 2.66. The summed E-state index contributed by atoms with van der Waals surface area (Å²) in [5, 5.41) is 16.8. The van der Waals surface area contributed by atoms with Crippen LogP contribution in [0.1, 0.15) is 21.7 Å². The van der Waals surface area contributed by atoms with Crippen LogP contribution < -0.4 is 51.4 Å². The Balaban J connectivity index is -0.000000320. The first-order valence-corrected chi connectivity index (χ1v) is 2.85. The molecule has 0 heterocycles. The van der Waals surface area contributed by atoms with Gasteiger partial charge in [0.2, 0.25) is 0 Å². The molecule has 10 heavy (non-hydrogen) atoms. The summed E-state index contributed by atoms with van der Waals surface area (Å²) in [6.07, 6.45) is 0.308. The Labute approximate surface area is 105 Å². The number of carboxylic acids is 1. The first kappa shape index (κ1) is 13.6. The van der Waals surface area contributed by atoms with Crippen LogP contribution in [0.25, 0.3) is 0 Å². The van der Waals surface area contributed by atoms with Gasteiger partial charge in [-0.1, -0.05) is 0 Å². The molecule has 0 amide bonds. The second kappa shape index (κ2) is 5.68. The number of hydrogen-bond donors (Lipinski definition) is 2. The van der Waals surface area contributed by atoms with Crippen LogP contribution in [0.4, 0.5) is 0 Å². The van der Waals surface area contributed by atoms with Crippen molar-refractivity contribution in [1.82, 2.24) is 0 Å². The van der Waals surface area contributed by atoms with Gasteiger partial charge in [0.15, 0.2) is 0 Å². The Morgan fingerprint density at radius 2 is 2.00 bits per heavy atom. The largest absolute Gasteiger partial charge is 1.00 e. The molecule has 0 aromatic heterocycles. The second-order valence-corrected chi connectivity index (χ2v) is 2.66. The monoisotopic (exact) mass is 172 g/mol. The van der Waals surface area contributed by atoms with Crippen LogP contribution in [-0.2, 0) is 4.79 Å².